The topological polar surface area (TPSA) is 53.6 Å². The van der Waals surface area contributed by atoms with Crippen molar-refractivity contribution in [1.82, 2.24) is 15.5 Å². The molecule has 2 unspecified atom stereocenters. The van der Waals surface area contributed by atoms with Crippen LogP contribution in [0.3, 0.4) is 0 Å². The first-order chi connectivity index (χ1) is 8.31. The Morgan fingerprint density at radius 3 is 3.18 bits per heavy atom. The SMILES string of the molecule is CNC(=O)C1CNCCN1CC1CCCOC1. The Morgan fingerprint density at radius 2 is 2.47 bits per heavy atom. The summed E-state index contributed by atoms with van der Waals surface area (Å²) in [5, 5.41) is 6.03. The van der Waals surface area contributed by atoms with E-state index in [-0.39, 0.29) is 11.9 Å². The van der Waals surface area contributed by atoms with Gasteiger partial charge in [0.1, 0.15) is 6.04 Å². The van der Waals surface area contributed by atoms with E-state index in [0.717, 1.165) is 45.8 Å². The van der Waals surface area contributed by atoms with Gasteiger partial charge in [0.25, 0.3) is 0 Å². The zero-order chi connectivity index (χ0) is 12.1. The zero-order valence-electron chi connectivity index (χ0n) is 10.6. The van der Waals surface area contributed by atoms with Gasteiger partial charge in [-0.3, -0.25) is 9.69 Å². The molecule has 17 heavy (non-hydrogen) atoms. The summed E-state index contributed by atoms with van der Waals surface area (Å²) in [6.45, 7) is 5.42. The fourth-order valence-electron chi connectivity index (χ4n) is 2.67. The molecular weight excluding hydrogens is 218 g/mol. The molecule has 0 spiro atoms. The Hall–Kier alpha value is -0.650. The first-order valence-corrected chi connectivity index (χ1v) is 6.55. The largest absolute Gasteiger partial charge is 0.381 e. The summed E-state index contributed by atoms with van der Waals surface area (Å²) in [6.07, 6.45) is 2.38. The van der Waals surface area contributed by atoms with E-state index in [9.17, 15) is 4.79 Å². The van der Waals surface area contributed by atoms with Crippen molar-refractivity contribution in [3.05, 3.63) is 0 Å². The normalized spacial score (nSPS) is 31.1. The number of nitrogens with zero attached hydrogens (tertiary/aromatic N) is 1. The third kappa shape index (κ3) is 3.40. The van der Waals surface area contributed by atoms with Gasteiger partial charge in [0.2, 0.25) is 5.91 Å². The zero-order valence-corrected chi connectivity index (χ0v) is 10.6. The van der Waals surface area contributed by atoms with E-state index in [1.807, 2.05) is 0 Å². The minimum Gasteiger partial charge on any atom is -0.381 e. The van der Waals surface area contributed by atoms with Gasteiger partial charge in [-0.15, -0.1) is 0 Å². The highest BCUT2D eigenvalue weighted by atomic mass is 16.5. The summed E-state index contributed by atoms with van der Waals surface area (Å²) in [5.74, 6) is 0.711. The summed E-state index contributed by atoms with van der Waals surface area (Å²) < 4.78 is 5.50. The fourth-order valence-corrected chi connectivity index (χ4v) is 2.67. The van der Waals surface area contributed by atoms with Gasteiger partial charge in [0.05, 0.1) is 6.61 Å². The van der Waals surface area contributed by atoms with Gasteiger partial charge in [-0.2, -0.15) is 0 Å². The lowest BCUT2D eigenvalue weighted by Gasteiger charge is -2.37. The summed E-state index contributed by atoms with van der Waals surface area (Å²) in [4.78, 5) is 14.1. The third-order valence-corrected chi connectivity index (χ3v) is 3.65. The number of carbonyl (C=O) groups is 1. The maximum absolute atomic E-state index is 11.8. The molecule has 2 heterocycles. The van der Waals surface area contributed by atoms with Gasteiger partial charge in [-0.1, -0.05) is 0 Å². The van der Waals surface area contributed by atoms with Crippen molar-refractivity contribution in [3.8, 4) is 0 Å². The van der Waals surface area contributed by atoms with Crippen LogP contribution < -0.4 is 10.6 Å². The number of likely N-dealkylation sites (N-methyl/N-ethyl adjacent to an activating group) is 1. The fraction of sp³-hybridized carbons (Fsp3) is 0.917. The van der Waals surface area contributed by atoms with Gasteiger partial charge < -0.3 is 15.4 Å². The molecule has 0 saturated carbocycles. The molecule has 1 amide bonds. The van der Waals surface area contributed by atoms with E-state index in [1.54, 1.807) is 7.05 Å². The van der Waals surface area contributed by atoms with Crippen molar-refractivity contribution in [2.75, 3.05) is 46.4 Å². The minimum atomic E-state index is -0.0179. The second kappa shape index (κ2) is 6.33. The number of hydrogen-bond donors (Lipinski definition) is 2. The van der Waals surface area contributed by atoms with Crippen LogP contribution in [0.5, 0.6) is 0 Å². The van der Waals surface area contributed by atoms with Gasteiger partial charge in [-0.25, -0.2) is 0 Å². The molecule has 98 valence electrons. The Morgan fingerprint density at radius 1 is 1.59 bits per heavy atom. The summed E-state index contributed by atoms with van der Waals surface area (Å²) in [7, 11) is 1.71. The molecule has 0 aliphatic carbocycles. The predicted octanol–water partition coefficient (Wildman–Crippen LogP) is -0.567. The first-order valence-electron chi connectivity index (χ1n) is 6.55. The quantitative estimate of drug-likeness (QED) is 0.695. The van der Waals surface area contributed by atoms with Crippen LogP contribution in [0.4, 0.5) is 0 Å². The minimum absolute atomic E-state index is 0.0179. The number of piperazine rings is 1. The molecule has 2 rings (SSSR count). The first kappa shape index (κ1) is 12.8. The maximum Gasteiger partial charge on any atom is 0.238 e. The van der Waals surface area contributed by atoms with Crippen LogP contribution in [0.25, 0.3) is 0 Å². The standard InChI is InChI=1S/C12H23N3O2/c1-13-12(16)11-7-14-4-5-15(11)8-10-3-2-6-17-9-10/h10-11,14H,2-9H2,1H3,(H,13,16). The summed E-state index contributed by atoms with van der Waals surface area (Å²) in [6, 6.07) is -0.0179. The molecule has 0 aromatic rings. The van der Waals surface area contributed by atoms with E-state index < -0.39 is 0 Å². The number of hydrogen-bond acceptors (Lipinski definition) is 4. The van der Waals surface area contributed by atoms with Crippen molar-refractivity contribution in [1.29, 1.82) is 0 Å². The van der Waals surface area contributed by atoms with Gasteiger partial charge in [0.15, 0.2) is 0 Å². The maximum atomic E-state index is 11.8. The van der Waals surface area contributed by atoms with Crippen LogP contribution >= 0.6 is 0 Å². The Labute approximate surface area is 103 Å². The molecular formula is C12H23N3O2. The van der Waals surface area contributed by atoms with E-state index in [2.05, 4.69) is 15.5 Å². The number of ether oxygens (including phenoxy) is 1. The van der Waals surface area contributed by atoms with E-state index >= 15 is 0 Å². The lowest BCUT2D eigenvalue weighted by atomic mass is 10.00. The predicted molar refractivity (Wildman–Crippen MR) is 65.8 cm³/mol. The number of rotatable bonds is 3. The Balaban J connectivity index is 1.88. The summed E-state index contributed by atoms with van der Waals surface area (Å²) >= 11 is 0. The van der Waals surface area contributed by atoms with Gasteiger partial charge in [0, 0.05) is 39.8 Å². The van der Waals surface area contributed by atoms with Crippen LogP contribution in [0.15, 0.2) is 0 Å². The molecule has 2 saturated heterocycles. The molecule has 0 aromatic heterocycles. The third-order valence-electron chi connectivity index (χ3n) is 3.65. The van der Waals surface area contributed by atoms with Crippen LogP contribution in [0.1, 0.15) is 12.8 Å². The van der Waals surface area contributed by atoms with Crippen molar-refractivity contribution < 1.29 is 9.53 Å². The molecule has 2 fully saturated rings. The average Bonchev–Trinajstić information content (AvgIpc) is 2.40. The Bertz CT molecular complexity index is 254. The van der Waals surface area contributed by atoms with Crippen LogP contribution in [-0.2, 0) is 9.53 Å². The van der Waals surface area contributed by atoms with E-state index in [0.29, 0.717) is 5.92 Å². The second-order valence-electron chi connectivity index (χ2n) is 4.91. The molecule has 2 atom stereocenters. The average molecular weight is 241 g/mol. The van der Waals surface area contributed by atoms with Crippen LogP contribution in [0, 0.1) is 5.92 Å². The van der Waals surface area contributed by atoms with Crippen molar-refractivity contribution in [2.24, 2.45) is 5.92 Å². The highest BCUT2D eigenvalue weighted by Gasteiger charge is 2.29. The smallest absolute Gasteiger partial charge is 0.238 e. The molecule has 0 aromatic carbocycles. The number of carbonyl (C=O) groups excluding carboxylic acids is 1. The molecule has 2 aliphatic rings. The molecule has 5 nitrogen and oxygen atoms in total. The van der Waals surface area contributed by atoms with E-state index in [4.69, 9.17) is 4.74 Å². The van der Waals surface area contributed by atoms with Gasteiger partial charge >= 0.3 is 0 Å². The lowest BCUT2D eigenvalue weighted by molar-refractivity contribution is -0.127. The van der Waals surface area contributed by atoms with Crippen LogP contribution in [-0.4, -0.2) is 63.3 Å². The lowest BCUT2D eigenvalue weighted by Crippen LogP contribution is -2.58. The molecule has 5 heteroatoms. The molecule has 0 bridgehead atoms. The summed E-state index contributed by atoms with van der Waals surface area (Å²) in [5.41, 5.74) is 0. The van der Waals surface area contributed by atoms with Crippen molar-refractivity contribution in [3.63, 3.8) is 0 Å². The molecule has 2 aliphatic heterocycles. The molecule has 2 N–H and O–H groups in total. The monoisotopic (exact) mass is 241 g/mol. The van der Waals surface area contributed by atoms with Gasteiger partial charge in [-0.05, 0) is 18.8 Å². The highest BCUT2D eigenvalue weighted by molar-refractivity contribution is 5.81. The second-order valence-corrected chi connectivity index (χ2v) is 4.91. The number of amides is 1. The highest BCUT2D eigenvalue weighted by Crippen LogP contribution is 2.17. The van der Waals surface area contributed by atoms with E-state index in [1.165, 1.54) is 6.42 Å². The van der Waals surface area contributed by atoms with Crippen molar-refractivity contribution >= 4 is 5.91 Å². The Kier molecular flexibility index (Phi) is 4.76. The number of nitrogens with one attached hydrogen (secondary N) is 2. The van der Waals surface area contributed by atoms with Crippen LogP contribution in [0.2, 0.25) is 0 Å². The van der Waals surface area contributed by atoms with Crippen molar-refractivity contribution in [2.45, 2.75) is 18.9 Å². The molecule has 0 radical (unpaired) electrons.